The van der Waals surface area contributed by atoms with Crippen LogP contribution < -0.4 is 0 Å². The largest absolute Gasteiger partial charge is 0.289 e. The molecule has 26 heavy (non-hydrogen) atoms. The molecular formula is C25H27O. The lowest BCUT2D eigenvalue weighted by Crippen LogP contribution is -2.32. The second-order valence-corrected chi connectivity index (χ2v) is 8.81. The van der Waals surface area contributed by atoms with Crippen molar-refractivity contribution in [3.05, 3.63) is 83.8 Å². The van der Waals surface area contributed by atoms with Crippen LogP contribution in [-0.2, 0) is 0 Å². The summed E-state index contributed by atoms with van der Waals surface area (Å²) in [7, 11) is 0. The molecule has 1 fully saturated rings. The maximum Gasteiger partial charge on any atom is 0.186 e. The average molecular weight is 343 g/mol. The van der Waals surface area contributed by atoms with E-state index in [2.05, 4.69) is 63.6 Å². The molecule has 4 rings (SSSR count). The molecule has 0 heterocycles. The molecule has 0 N–H and O–H groups in total. The Balaban J connectivity index is 1.84. The van der Waals surface area contributed by atoms with Crippen LogP contribution in [-0.4, -0.2) is 5.78 Å². The Hall–Kier alpha value is -2.15. The van der Waals surface area contributed by atoms with Gasteiger partial charge in [-0.2, -0.15) is 0 Å². The van der Waals surface area contributed by atoms with Crippen molar-refractivity contribution in [2.24, 2.45) is 17.3 Å². The van der Waals surface area contributed by atoms with Crippen molar-refractivity contribution in [2.45, 2.75) is 39.5 Å². The number of allylic oxidation sites excluding steroid dienone is 2. The monoisotopic (exact) mass is 343 g/mol. The molecule has 0 saturated heterocycles. The van der Waals surface area contributed by atoms with Crippen LogP contribution >= 0.6 is 0 Å². The van der Waals surface area contributed by atoms with E-state index in [0.29, 0.717) is 17.8 Å². The summed E-state index contributed by atoms with van der Waals surface area (Å²) in [5.74, 6) is 1.50. The summed E-state index contributed by atoms with van der Waals surface area (Å²) in [5.41, 5.74) is 4.78. The molecule has 0 bridgehead atoms. The minimum atomic E-state index is 0.154. The van der Waals surface area contributed by atoms with Crippen LogP contribution in [0.5, 0.6) is 0 Å². The van der Waals surface area contributed by atoms with E-state index in [9.17, 15) is 4.79 Å². The van der Waals surface area contributed by atoms with Crippen LogP contribution in [0.4, 0.5) is 0 Å². The summed E-state index contributed by atoms with van der Waals surface area (Å²) in [4.78, 5) is 13.0. The zero-order valence-corrected chi connectivity index (χ0v) is 15.9. The average Bonchev–Trinajstić information content (AvgIpc) is 2.77. The normalized spacial score (nSPS) is 25.7. The van der Waals surface area contributed by atoms with Gasteiger partial charge in [-0.25, -0.2) is 0 Å². The number of carbonyl (C=O) groups excluding carboxylic acids is 1. The molecule has 0 aromatic heterocycles. The van der Waals surface area contributed by atoms with Crippen LogP contribution in [0.2, 0.25) is 0 Å². The van der Waals surface area contributed by atoms with Crippen LogP contribution in [0, 0.1) is 23.7 Å². The molecule has 133 valence electrons. The SMILES string of the molecule is CC(C)(C)C1[CH]CC2c3ccccc3C(=O)C=C(c3ccccc3)[C@H]2C1. The highest BCUT2D eigenvalue weighted by molar-refractivity contribution is 6.10. The molecule has 1 saturated carbocycles. The van der Waals surface area contributed by atoms with Gasteiger partial charge in [0.15, 0.2) is 5.78 Å². The summed E-state index contributed by atoms with van der Waals surface area (Å²) in [6.45, 7) is 6.99. The molecule has 0 amide bonds. The first kappa shape index (κ1) is 17.3. The molecule has 2 aromatic rings. The standard InChI is InChI=1S/C25H27O/c1-25(2,3)18-13-14-20-19-11-7-8-12-21(19)24(26)16-22(23(20)15-18)17-9-5-4-6-10-17/h4-13,16,18,20,23H,14-15H2,1-3H3/t18?,20?,23-/m0/s1. The predicted molar refractivity (Wildman–Crippen MR) is 108 cm³/mol. The van der Waals surface area contributed by atoms with E-state index in [1.165, 1.54) is 16.7 Å². The van der Waals surface area contributed by atoms with Crippen molar-refractivity contribution in [1.82, 2.24) is 0 Å². The van der Waals surface area contributed by atoms with Crippen LogP contribution in [0.25, 0.3) is 5.57 Å². The van der Waals surface area contributed by atoms with Gasteiger partial charge in [0.1, 0.15) is 0 Å². The highest BCUT2D eigenvalue weighted by atomic mass is 16.1. The molecule has 2 unspecified atom stereocenters. The van der Waals surface area contributed by atoms with E-state index < -0.39 is 0 Å². The molecule has 2 aromatic carbocycles. The van der Waals surface area contributed by atoms with Gasteiger partial charge in [0.2, 0.25) is 0 Å². The minimum absolute atomic E-state index is 0.154. The second-order valence-electron chi connectivity index (χ2n) is 8.81. The first-order chi connectivity index (χ1) is 12.4. The van der Waals surface area contributed by atoms with Gasteiger partial charge in [0, 0.05) is 5.56 Å². The van der Waals surface area contributed by atoms with E-state index in [4.69, 9.17) is 0 Å². The Morgan fingerprint density at radius 2 is 1.58 bits per heavy atom. The number of hydrogen-bond acceptors (Lipinski definition) is 1. The lowest BCUT2D eigenvalue weighted by molar-refractivity contribution is 0.104. The van der Waals surface area contributed by atoms with Crippen molar-refractivity contribution in [3.63, 3.8) is 0 Å². The molecular weight excluding hydrogens is 316 g/mol. The summed E-state index contributed by atoms with van der Waals surface area (Å²) in [6, 6.07) is 18.7. The fourth-order valence-electron chi connectivity index (χ4n) is 4.70. The van der Waals surface area contributed by atoms with Crippen molar-refractivity contribution in [2.75, 3.05) is 0 Å². The van der Waals surface area contributed by atoms with Crippen molar-refractivity contribution < 1.29 is 4.79 Å². The van der Waals surface area contributed by atoms with Crippen molar-refractivity contribution in [3.8, 4) is 0 Å². The quantitative estimate of drug-likeness (QED) is 0.591. The van der Waals surface area contributed by atoms with Gasteiger partial charge in [0.25, 0.3) is 0 Å². The zero-order valence-electron chi connectivity index (χ0n) is 15.9. The lowest BCUT2D eigenvalue weighted by Gasteiger charge is -2.42. The Bertz CT molecular complexity index is 838. The molecule has 0 spiro atoms. The van der Waals surface area contributed by atoms with Gasteiger partial charge < -0.3 is 0 Å². The van der Waals surface area contributed by atoms with Crippen LogP contribution in [0.3, 0.4) is 0 Å². The summed E-state index contributed by atoms with van der Waals surface area (Å²) >= 11 is 0. The number of carbonyl (C=O) groups is 1. The topological polar surface area (TPSA) is 17.1 Å². The third kappa shape index (κ3) is 3.05. The van der Waals surface area contributed by atoms with Gasteiger partial charge in [-0.15, -0.1) is 0 Å². The fourth-order valence-corrected chi connectivity index (χ4v) is 4.70. The van der Waals surface area contributed by atoms with E-state index in [-0.39, 0.29) is 11.2 Å². The summed E-state index contributed by atoms with van der Waals surface area (Å²) in [5, 5.41) is 0. The number of benzene rings is 2. The maximum atomic E-state index is 13.0. The van der Waals surface area contributed by atoms with Gasteiger partial charge in [0.05, 0.1) is 0 Å². The maximum absolute atomic E-state index is 13.0. The molecule has 1 radical (unpaired) electrons. The first-order valence-corrected chi connectivity index (χ1v) is 9.69. The zero-order chi connectivity index (χ0) is 18.3. The van der Waals surface area contributed by atoms with E-state index >= 15 is 0 Å². The third-order valence-electron chi connectivity index (χ3n) is 6.20. The Kier molecular flexibility index (Phi) is 4.34. The molecule has 1 heteroatoms. The molecule has 2 aliphatic rings. The highest BCUT2D eigenvalue weighted by Gasteiger charge is 2.41. The number of rotatable bonds is 1. The number of fused-ring (bicyclic) bond motifs is 3. The Morgan fingerprint density at radius 3 is 2.31 bits per heavy atom. The first-order valence-electron chi connectivity index (χ1n) is 9.69. The van der Waals surface area contributed by atoms with Gasteiger partial charge in [-0.3, -0.25) is 4.79 Å². The molecule has 2 aliphatic carbocycles. The van der Waals surface area contributed by atoms with Gasteiger partial charge in [-0.05, 0) is 65.2 Å². The van der Waals surface area contributed by atoms with Crippen molar-refractivity contribution in [1.29, 1.82) is 0 Å². The predicted octanol–water partition coefficient (Wildman–Crippen LogP) is 6.33. The minimum Gasteiger partial charge on any atom is -0.289 e. The third-order valence-corrected chi connectivity index (χ3v) is 6.20. The van der Waals surface area contributed by atoms with Crippen LogP contribution in [0.15, 0.2) is 60.7 Å². The van der Waals surface area contributed by atoms with Gasteiger partial charge >= 0.3 is 0 Å². The fraction of sp³-hybridized carbons (Fsp3) is 0.360. The summed E-state index contributed by atoms with van der Waals surface area (Å²) < 4.78 is 0. The highest BCUT2D eigenvalue weighted by Crippen LogP contribution is 2.52. The number of ketones is 1. The molecule has 0 aliphatic heterocycles. The van der Waals surface area contributed by atoms with E-state index in [1.54, 1.807) is 0 Å². The number of hydrogen-bond donors (Lipinski definition) is 0. The molecule has 3 atom stereocenters. The van der Waals surface area contributed by atoms with Crippen molar-refractivity contribution >= 4 is 11.4 Å². The Labute approximate surface area is 157 Å². The lowest BCUT2D eigenvalue weighted by atomic mass is 9.62. The second kappa shape index (κ2) is 6.54. The van der Waals surface area contributed by atoms with E-state index in [1.807, 2.05) is 24.3 Å². The smallest absolute Gasteiger partial charge is 0.186 e. The Morgan fingerprint density at radius 1 is 0.885 bits per heavy atom. The van der Waals surface area contributed by atoms with E-state index in [0.717, 1.165) is 18.4 Å². The van der Waals surface area contributed by atoms with Crippen LogP contribution in [0.1, 0.15) is 61.0 Å². The van der Waals surface area contributed by atoms with Gasteiger partial charge in [-0.1, -0.05) is 75.4 Å². The summed E-state index contributed by atoms with van der Waals surface area (Å²) in [6.07, 6.45) is 6.58. The molecule has 1 nitrogen and oxygen atoms in total.